The zero-order valence-electron chi connectivity index (χ0n) is 11.4. The molecule has 2 atom stereocenters. The monoisotopic (exact) mass is 298 g/mol. The average molecular weight is 298 g/mol. The number of hydrogen-bond donors (Lipinski definition) is 2. The molecular weight excluding hydrogens is 280 g/mol. The number of benzene rings is 1. The van der Waals surface area contributed by atoms with Gasteiger partial charge in [0.25, 0.3) is 0 Å². The molecule has 1 aliphatic carbocycles. The second-order valence-corrected chi connectivity index (χ2v) is 6.56. The molecule has 110 valence electrons. The summed E-state index contributed by atoms with van der Waals surface area (Å²) in [6.45, 7) is 2.03. The predicted octanol–water partition coefficient (Wildman–Crippen LogP) is 1.13. The molecule has 0 saturated heterocycles. The fourth-order valence-corrected chi connectivity index (χ4v) is 3.57. The van der Waals surface area contributed by atoms with Crippen LogP contribution in [0.25, 0.3) is 0 Å². The Balaban J connectivity index is 2.22. The number of rotatable bonds is 5. The molecule has 20 heavy (non-hydrogen) atoms. The van der Waals surface area contributed by atoms with Crippen molar-refractivity contribution in [2.24, 2.45) is 5.92 Å². The Morgan fingerprint density at radius 1 is 1.50 bits per heavy atom. The number of esters is 1. The van der Waals surface area contributed by atoms with Crippen LogP contribution in [-0.2, 0) is 14.8 Å². The van der Waals surface area contributed by atoms with Gasteiger partial charge in [-0.2, -0.15) is 0 Å². The van der Waals surface area contributed by atoms with Gasteiger partial charge in [0.15, 0.2) is 0 Å². The number of nitrogen functional groups attached to an aromatic ring is 1. The summed E-state index contributed by atoms with van der Waals surface area (Å²) in [5.74, 6) is -0.151. The second kappa shape index (κ2) is 5.41. The second-order valence-electron chi connectivity index (χ2n) is 4.88. The van der Waals surface area contributed by atoms with Crippen molar-refractivity contribution in [1.29, 1.82) is 0 Å². The molecule has 0 amide bonds. The van der Waals surface area contributed by atoms with E-state index in [1.165, 1.54) is 25.3 Å². The number of anilines is 1. The summed E-state index contributed by atoms with van der Waals surface area (Å²) in [4.78, 5) is 11.3. The highest BCUT2D eigenvalue weighted by atomic mass is 32.2. The van der Waals surface area contributed by atoms with Gasteiger partial charge in [-0.25, -0.2) is 17.9 Å². The number of sulfonamides is 1. The van der Waals surface area contributed by atoms with E-state index in [0.29, 0.717) is 5.92 Å². The molecule has 0 heterocycles. The lowest BCUT2D eigenvalue weighted by molar-refractivity contribution is 0.0600. The number of methoxy groups -OCH3 is 1. The Bertz CT molecular complexity index is 627. The van der Waals surface area contributed by atoms with Crippen LogP contribution in [0.4, 0.5) is 5.69 Å². The summed E-state index contributed by atoms with van der Waals surface area (Å²) in [5, 5.41) is 0. The maximum atomic E-state index is 12.2. The number of ether oxygens (including phenoxy) is 1. The number of carbonyl (C=O) groups excluding carboxylic acids is 1. The minimum Gasteiger partial charge on any atom is -0.465 e. The van der Waals surface area contributed by atoms with Crippen molar-refractivity contribution in [2.45, 2.75) is 30.7 Å². The van der Waals surface area contributed by atoms with Gasteiger partial charge >= 0.3 is 5.97 Å². The summed E-state index contributed by atoms with van der Waals surface area (Å²) in [5.41, 5.74) is 6.00. The van der Waals surface area contributed by atoms with Crippen LogP contribution in [0.5, 0.6) is 0 Å². The van der Waals surface area contributed by atoms with Crippen molar-refractivity contribution in [3.8, 4) is 0 Å². The quantitative estimate of drug-likeness (QED) is 0.627. The summed E-state index contributed by atoms with van der Waals surface area (Å²) in [6.07, 6.45) is 1.81. The Kier molecular flexibility index (Phi) is 4.01. The Labute approximate surface area is 118 Å². The Morgan fingerprint density at radius 2 is 2.20 bits per heavy atom. The van der Waals surface area contributed by atoms with E-state index >= 15 is 0 Å². The molecule has 1 fully saturated rings. The number of carbonyl (C=O) groups is 1. The van der Waals surface area contributed by atoms with E-state index in [2.05, 4.69) is 9.46 Å². The SMILES string of the molecule is CCC1CC1NS(=O)(=O)c1ccc(C(=O)OC)cc1N. The highest BCUT2D eigenvalue weighted by molar-refractivity contribution is 7.89. The molecule has 0 spiro atoms. The van der Waals surface area contributed by atoms with Gasteiger partial charge < -0.3 is 10.5 Å². The third kappa shape index (κ3) is 2.94. The molecule has 2 unspecified atom stereocenters. The molecule has 1 aliphatic rings. The first-order valence-corrected chi connectivity index (χ1v) is 7.87. The molecule has 1 aromatic carbocycles. The topological polar surface area (TPSA) is 98.5 Å². The van der Waals surface area contributed by atoms with Crippen molar-refractivity contribution in [2.75, 3.05) is 12.8 Å². The molecule has 7 heteroatoms. The third-order valence-electron chi connectivity index (χ3n) is 3.47. The Morgan fingerprint density at radius 3 is 2.70 bits per heavy atom. The van der Waals surface area contributed by atoms with E-state index in [4.69, 9.17) is 5.73 Å². The molecule has 2 rings (SSSR count). The van der Waals surface area contributed by atoms with Crippen LogP contribution in [0.3, 0.4) is 0 Å². The first kappa shape index (κ1) is 14.8. The average Bonchev–Trinajstić information content (AvgIpc) is 3.14. The fraction of sp³-hybridized carbons (Fsp3) is 0.462. The Hall–Kier alpha value is -1.60. The number of hydrogen-bond acceptors (Lipinski definition) is 5. The lowest BCUT2D eigenvalue weighted by Crippen LogP contribution is -2.27. The molecule has 6 nitrogen and oxygen atoms in total. The molecule has 0 aliphatic heterocycles. The molecule has 0 aromatic heterocycles. The van der Waals surface area contributed by atoms with E-state index < -0.39 is 16.0 Å². The molecule has 0 radical (unpaired) electrons. The molecular formula is C13H18N2O4S. The fourth-order valence-electron chi connectivity index (χ4n) is 2.14. The third-order valence-corrected chi connectivity index (χ3v) is 5.04. The van der Waals surface area contributed by atoms with Crippen molar-refractivity contribution in [3.05, 3.63) is 23.8 Å². The summed E-state index contributed by atoms with van der Waals surface area (Å²) in [7, 11) is -2.39. The van der Waals surface area contributed by atoms with Crippen LogP contribution in [-0.4, -0.2) is 27.5 Å². The van der Waals surface area contributed by atoms with E-state index in [-0.39, 0.29) is 22.2 Å². The highest BCUT2D eigenvalue weighted by Gasteiger charge is 2.39. The van der Waals surface area contributed by atoms with Gasteiger partial charge in [0, 0.05) is 6.04 Å². The van der Waals surface area contributed by atoms with Gasteiger partial charge in [-0.1, -0.05) is 13.3 Å². The van der Waals surface area contributed by atoms with Crippen LogP contribution < -0.4 is 10.5 Å². The lowest BCUT2D eigenvalue weighted by atomic mass is 10.2. The zero-order valence-corrected chi connectivity index (χ0v) is 12.2. The number of nitrogens with one attached hydrogen (secondary N) is 1. The van der Waals surface area contributed by atoms with Gasteiger partial charge in [0.2, 0.25) is 10.0 Å². The van der Waals surface area contributed by atoms with E-state index in [9.17, 15) is 13.2 Å². The van der Waals surface area contributed by atoms with Crippen LogP contribution in [0, 0.1) is 5.92 Å². The van der Waals surface area contributed by atoms with Gasteiger partial charge in [-0.05, 0) is 30.5 Å². The van der Waals surface area contributed by atoms with Gasteiger partial charge in [-0.15, -0.1) is 0 Å². The maximum absolute atomic E-state index is 12.2. The molecule has 0 bridgehead atoms. The van der Waals surface area contributed by atoms with Crippen LogP contribution in [0.1, 0.15) is 30.1 Å². The maximum Gasteiger partial charge on any atom is 0.337 e. The van der Waals surface area contributed by atoms with E-state index in [0.717, 1.165) is 12.8 Å². The minimum atomic E-state index is -3.65. The van der Waals surface area contributed by atoms with E-state index in [1.807, 2.05) is 6.92 Å². The van der Waals surface area contributed by atoms with Crippen molar-refractivity contribution in [1.82, 2.24) is 4.72 Å². The predicted molar refractivity (Wildman–Crippen MR) is 74.7 cm³/mol. The minimum absolute atomic E-state index is 0.00749. The smallest absolute Gasteiger partial charge is 0.337 e. The molecule has 3 N–H and O–H groups in total. The number of nitrogens with two attached hydrogens (primary N) is 1. The lowest BCUT2D eigenvalue weighted by Gasteiger charge is -2.10. The summed E-state index contributed by atoms with van der Waals surface area (Å²) < 4.78 is 31.6. The van der Waals surface area contributed by atoms with Gasteiger partial charge in [0.1, 0.15) is 4.90 Å². The largest absolute Gasteiger partial charge is 0.465 e. The van der Waals surface area contributed by atoms with Crippen molar-refractivity contribution < 1.29 is 17.9 Å². The van der Waals surface area contributed by atoms with Crippen LogP contribution in [0.15, 0.2) is 23.1 Å². The summed E-state index contributed by atoms with van der Waals surface area (Å²) >= 11 is 0. The van der Waals surface area contributed by atoms with E-state index in [1.54, 1.807) is 0 Å². The highest BCUT2D eigenvalue weighted by Crippen LogP contribution is 2.35. The van der Waals surface area contributed by atoms with Gasteiger partial charge in [-0.3, -0.25) is 0 Å². The first-order chi connectivity index (χ1) is 9.39. The van der Waals surface area contributed by atoms with Crippen molar-refractivity contribution in [3.63, 3.8) is 0 Å². The van der Waals surface area contributed by atoms with Crippen LogP contribution >= 0.6 is 0 Å². The zero-order chi connectivity index (χ0) is 14.9. The first-order valence-electron chi connectivity index (χ1n) is 6.39. The van der Waals surface area contributed by atoms with Crippen molar-refractivity contribution >= 4 is 21.7 Å². The standard InChI is InChI=1S/C13H18N2O4S/c1-3-8-7-11(8)15-20(17,18)12-5-4-9(6-10(12)14)13(16)19-2/h4-6,8,11,15H,3,7,14H2,1-2H3. The van der Waals surface area contributed by atoms with Crippen LogP contribution in [0.2, 0.25) is 0 Å². The molecule has 1 aromatic rings. The normalized spacial score (nSPS) is 21.5. The summed E-state index contributed by atoms with van der Waals surface area (Å²) in [6, 6.07) is 4.02. The molecule has 1 saturated carbocycles. The van der Waals surface area contributed by atoms with Gasteiger partial charge in [0.05, 0.1) is 18.4 Å².